The van der Waals surface area contributed by atoms with Crippen LogP contribution in [0.3, 0.4) is 0 Å². The van der Waals surface area contributed by atoms with Gasteiger partial charge in [-0.1, -0.05) is 58.1 Å². The third-order valence-corrected chi connectivity index (χ3v) is 6.86. The van der Waals surface area contributed by atoms with Crippen LogP contribution in [0.15, 0.2) is 76.1 Å². The minimum Gasteiger partial charge on any atom is -0.493 e. The molecule has 1 aliphatic heterocycles. The molecule has 1 N–H and O–H groups in total. The summed E-state index contributed by atoms with van der Waals surface area (Å²) >= 11 is 10.1. The zero-order valence-corrected chi connectivity index (χ0v) is 22.1. The molecule has 1 heterocycles. The number of nitrogens with one attached hydrogen (secondary N) is 1. The highest BCUT2D eigenvalue weighted by molar-refractivity contribution is 9.10. The maximum atomic E-state index is 13.0. The Morgan fingerprint density at radius 1 is 1.11 bits per heavy atom. The lowest BCUT2D eigenvalue weighted by atomic mass is 10.2. The number of hydrogen-bond donors (Lipinski definition) is 1. The van der Waals surface area contributed by atoms with Gasteiger partial charge in [-0.3, -0.25) is 14.5 Å². The number of methoxy groups -OCH3 is 1. The highest BCUT2D eigenvalue weighted by Gasteiger charge is 2.33. The number of thiocarbonyl (C=S) groups is 1. The van der Waals surface area contributed by atoms with Crippen LogP contribution in [0.1, 0.15) is 11.1 Å². The third-order valence-electron chi connectivity index (χ3n) is 5.02. The SMILES string of the molecule is COc1cc(/C=C2/SC(=S)N(c3ccc(Br)cc3)C2=O)ccc1OCC(=O)Nc1cccc(C)c1. The number of thioether (sulfide) groups is 1. The number of anilines is 2. The van der Waals surface area contributed by atoms with Crippen molar-refractivity contribution in [1.29, 1.82) is 0 Å². The van der Waals surface area contributed by atoms with Crippen molar-refractivity contribution in [2.45, 2.75) is 6.92 Å². The second-order valence-electron chi connectivity index (χ2n) is 7.61. The maximum absolute atomic E-state index is 13.0. The number of ether oxygens (including phenoxy) is 2. The molecular weight excluding hydrogens is 548 g/mol. The van der Waals surface area contributed by atoms with E-state index in [1.165, 1.54) is 23.8 Å². The van der Waals surface area contributed by atoms with E-state index in [9.17, 15) is 9.59 Å². The smallest absolute Gasteiger partial charge is 0.270 e. The van der Waals surface area contributed by atoms with E-state index < -0.39 is 0 Å². The zero-order chi connectivity index (χ0) is 24.9. The van der Waals surface area contributed by atoms with Crippen LogP contribution in [0.4, 0.5) is 11.4 Å². The molecule has 1 fully saturated rings. The second kappa shape index (κ2) is 11.1. The number of halogens is 1. The minimum atomic E-state index is -0.279. The molecule has 0 saturated carbocycles. The van der Waals surface area contributed by atoms with Crippen molar-refractivity contribution in [2.75, 3.05) is 23.9 Å². The Hall–Kier alpha value is -3.14. The van der Waals surface area contributed by atoms with Gasteiger partial charge in [-0.25, -0.2) is 0 Å². The van der Waals surface area contributed by atoms with Gasteiger partial charge < -0.3 is 14.8 Å². The lowest BCUT2D eigenvalue weighted by Crippen LogP contribution is -2.27. The second-order valence-corrected chi connectivity index (χ2v) is 10.2. The first kappa shape index (κ1) is 25.0. The summed E-state index contributed by atoms with van der Waals surface area (Å²) in [6.45, 7) is 1.78. The standard InChI is InChI=1S/C26H21BrN2O4S2/c1-16-4-3-5-19(12-16)28-24(30)15-33-21-11-6-17(13-22(21)32-2)14-23-25(31)29(26(34)35-23)20-9-7-18(27)8-10-20/h3-14H,15H2,1-2H3,(H,28,30)/b23-14+. The predicted molar refractivity (Wildman–Crippen MR) is 148 cm³/mol. The number of rotatable bonds is 7. The predicted octanol–water partition coefficient (Wildman–Crippen LogP) is 6.19. The number of carbonyl (C=O) groups excluding carboxylic acids is 2. The van der Waals surface area contributed by atoms with Crippen molar-refractivity contribution in [3.05, 3.63) is 87.2 Å². The van der Waals surface area contributed by atoms with Gasteiger partial charge in [0.1, 0.15) is 0 Å². The summed E-state index contributed by atoms with van der Waals surface area (Å²) in [4.78, 5) is 27.3. The van der Waals surface area contributed by atoms with E-state index in [0.29, 0.717) is 32.1 Å². The number of carbonyl (C=O) groups is 2. The molecule has 3 aromatic carbocycles. The van der Waals surface area contributed by atoms with Gasteiger partial charge in [0.05, 0.1) is 17.7 Å². The largest absolute Gasteiger partial charge is 0.493 e. The van der Waals surface area contributed by atoms with E-state index in [2.05, 4.69) is 21.2 Å². The van der Waals surface area contributed by atoms with Crippen LogP contribution in [0.2, 0.25) is 0 Å². The monoisotopic (exact) mass is 568 g/mol. The minimum absolute atomic E-state index is 0.171. The molecule has 35 heavy (non-hydrogen) atoms. The molecule has 0 spiro atoms. The van der Waals surface area contributed by atoms with Crippen molar-refractivity contribution in [2.24, 2.45) is 0 Å². The average Bonchev–Trinajstić information content (AvgIpc) is 3.11. The first-order valence-electron chi connectivity index (χ1n) is 10.5. The van der Waals surface area contributed by atoms with Gasteiger partial charge >= 0.3 is 0 Å². The normalized spacial score (nSPS) is 14.4. The Labute approximate surface area is 221 Å². The molecule has 178 valence electrons. The van der Waals surface area contributed by atoms with Crippen LogP contribution in [-0.4, -0.2) is 29.9 Å². The summed E-state index contributed by atoms with van der Waals surface area (Å²) in [5.74, 6) is 0.407. The highest BCUT2D eigenvalue weighted by atomic mass is 79.9. The first-order valence-corrected chi connectivity index (χ1v) is 12.6. The van der Waals surface area contributed by atoms with E-state index in [4.69, 9.17) is 21.7 Å². The van der Waals surface area contributed by atoms with E-state index >= 15 is 0 Å². The van der Waals surface area contributed by atoms with E-state index in [1.807, 2.05) is 55.5 Å². The third kappa shape index (κ3) is 6.11. The molecule has 0 atom stereocenters. The van der Waals surface area contributed by atoms with Gasteiger partial charge in [0.25, 0.3) is 11.8 Å². The van der Waals surface area contributed by atoms with E-state index in [1.54, 1.807) is 24.3 Å². The molecule has 9 heteroatoms. The quantitative estimate of drug-likeness (QED) is 0.271. The van der Waals surface area contributed by atoms with Crippen molar-refractivity contribution >= 4 is 73.5 Å². The van der Waals surface area contributed by atoms with Crippen LogP contribution >= 0.6 is 39.9 Å². The summed E-state index contributed by atoms with van der Waals surface area (Å²) in [6.07, 6.45) is 1.76. The molecule has 2 amide bonds. The van der Waals surface area contributed by atoms with E-state index in [0.717, 1.165) is 15.6 Å². The van der Waals surface area contributed by atoms with Gasteiger partial charge in [-0.2, -0.15) is 0 Å². The summed E-state index contributed by atoms with van der Waals surface area (Å²) in [5.41, 5.74) is 3.22. The lowest BCUT2D eigenvalue weighted by molar-refractivity contribution is -0.118. The zero-order valence-electron chi connectivity index (χ0n) is 18.9. The molecule has 3 aromatic rings. The Balaban J connectivity index is 1.45. The van der Waals surface area contributed by atoms with Gasteiger partial charge in [0, 0.05) is 10.2 Å². The van der Waals surface area contributed by atoms with Gasteiger partial charge in [-0.05, 0) is 72.7 Å². The summed E-state index contributed by atoms with van der Waals surface area (Å²) in [5, 5.41) is 2.81. The van der Waals surface area contributed by atoms with Gasteiger partial charge in [-0.15, -0.1) is 0 Å². The Bertz CT molecular complexity index is 1330. The average molecular weight is 570 g/mol. The van der Waals surface area contributed by atoms with Crippen LogP contribution in [0, 0.1) is 6.92 Å². The Kier molecular flexibility index (Phi) is 7.90. The summed E-state index contributed by atoms with van der Waals surface area (Å²) in [7, 11) is 1.52. The number of nitrogens with zero attached hydrogens (tertiary/aromatic N) is 1. The number of amides is 2. The van der Waals surface area contributed by atoms with E-state index in [-0.39, 0.29) is 18.4 Å². The van der Waals surface area contributed by atoms with Crippen molar-refractivity contribution in [3.8, 4) is 11.5 Å². The fourth-order valence-corrected chi connectivity index (χ4v) is 4.95. The summed E-state index contributed by atoms with van der Waals surface area (Å²) in [6, 6.07) is 20.2. The van der Waals surface area contributed by atoms with Gasteiger partial charge in [0.2, 0.25) is 0 Å². The molecular formula is C26H21BrN2O4S2. The van der Waals surface area contributed by atoms with Crippen LogP contribution in [-0.2, 0) is 9.59 Å². The number of hydrogen-bond acceptors (Lipinski definition) is 6. The summed E-state index contributed by atoms with van der Waals surface area (Å²) < 4.78 is 12.5. The Morgan fingerprint density at radius 2 is 1.89 bits per heavy atom. The highest BCUT2D eigenvalue weighted by Crippen LogP contribution is 2.37. The number of benzene rings is 3. The van der Waals surface area contributed by atoms with Crippen LogP contribution < -0.4 is 19.7 Å². The molecule has 0 aromatic heterocycles. The fourth-order valence-electron chi connectivity index (χ4n) is 3.39. The van der Waals surface area contributed by atoms with Crippen LogP contribution in [0.25, 0.3) is 6.08 Å². The maximum Gasteiger partial charge on any atom is 0.270 e. The molecule has 6 nitrogen and oxygen atoms in total. The first-order chi connectivity index (χ1) is 16.8. The van der Waals surface area contributed by atoms with Crippen molar-refractivity contribution in [3.63, 3.8) is 0 Å². The Morgan fingerprint density at radius 3 is 2.60 bits per heavy atom. The number of aryl methyl sites for hydroxylation is 1. The molecule has 0 bridgehead atoms. The van der Waals surface area contributed by atoms with Gasteiger partial charge in [0.15, 0.2) is 22.4 Å². The fraction of sp³-hybridized carbons (Fsp3) is 0.115. The molecule has 1 aliphatic rings. The lowest BCUT2D eigenvalue weighted by Gasteiger charge is -2.14. The van der Waals surface area contributed by atoms with Crippen LogP contribution in [0.5, 0.6) is 11.5 Å². The molecule has 0 unspecified atom stereocenters. The molecule has 1 saturated heterocycles. The molecule has 0 aliphatic carbocycles. The van der Waals surface area contributed by atoms with Crippen molar-refractivity contribution < 1.29 is 19.1 Å². The molecule has 4 rings (SSSR count). The topological polar surface area (TPSA) is 67.9 Å². The van der Waals surface area contributed by atoms with Crippen molar-refractivity contribution in [1.82, 2.24) is 0 Å². The molecule has 0 radical (unpaired) electrons.